The minimum Gasteiger partial charge on any atom is -0.374 e. The monoisotopic (exact) mass is 342 g/mol. The summed E-state index contributed by atoms with van der Waals surface area (Å²) < 4.78 is 0. The van der Waals surface area contributed by atoms with E-state index in [9.17, 15) is 9.90 Å². The Hall–Kier alpha value is -2.39. The lowest BCUT2D eigenvalue weighted by Gasteiger charge is -2.26. The highest BCUT2D eigenvalue weighted by molar-refractivity contribution is 5.94. The molecule has 0 spiro atoms. The van der Waals surface area contributed by atoms with E-state index in [0.717, 1.165) is 18.7 Å². The molecule has 1 aliphatic rings. The number of hydroxylamine groups is 1. The normalized spacial score (nSPS) is 17.0. The van der Waals surface area contributed by atoms with Crippen molar-refractivity contribution in [3.05, 3.63) is 35.4 Å². The molecule has 7 N–H and O–H groups in total. The summed E-state index contributed by atoms with van der Waals surface area (Å²) in [6, 6.07) is 5.28. The topological polar surface area (TPSA) is 120 Å². The highest BCUT2D eigenvalue weighted by atomic mass is 16.5. The summed E-state index contributed by atoms with van der Waals surface area (Å²) >= 11 is 0. The van der Waals surface area contributed by atoms with Crippen LogP contribution in [0.4, 0.5) is 0 Å². The quantitative estimate of drug-likeness (QED) is 0.232. The number of hydrogen-bond donors (Lipinski definition) is 6. The van der Waals surface area contributed by atoms with Crippen molar-refractivity contribution in [3.8, 4) is 23.7 Å². The Bertz CT molecular complexity index is 706. The molecule has 1 amide bonds. The Balaban J connectivity index is 1.97. The second-order valence-corrected chi connectivity index (χ2v) is 5.88. The van der Waals surface area contributed by atoms with Crippen molar-refractivity contribution >= 4 is 5.91 Å². The number of carbonyl (C=O) groups excluding carboxylic acids is 1. The third-order valence-corrected chi connectivity index (χ3v) is 3.81. The number of aliphatic hydroxyl groups is 1. The van der Waals surface area contributed by atoms with Crippen LogP contribution in [0, 0.1) is 29.6 Å². The molecular formula is C18H22N4O3. The lowest BCUT2D eigenvalue weighted by atomic mass is 10.1. The number of carbonyl (C=O) groups is 1. The number of aliphatic hydroxyl groups excluding tert-OH is 1. The van der Waals surface area contributed by atoms with Crippen LogP contribution in [0.5, 0.6) is 0 Å². The molecule has 0 bridgehead atoms. The third-order valence-electron chi connectivity index (χ3n) is 3.81. The molecule has 25 heavy (non-hydrogen) atoms. The molecule has 0 aliphatic carbocycles. The van der Waals surface area contributed by atoms with E-state index in [-0.39, 0.29) is 0 Å². The average molecular weight is 342 g/mol. The SMILES string of the molecule is C[C@@H](N)[C@H](NC(=O)c1ccc(C#CC#CC2CNC2)cc1)C(O)NO. The van der Waals surface area contributed by atoms with Gasteiger partial charge in [0, 0.05) is 36.2 Å². The van der Waals surface area contributed by atoms with Crippen molar-refractivity contribution < 1.29 is 15.1 Å². The van der Waals surface area contributed by atoms with Gasteiger partial charge in [0.15, 0.2) is 0 Å². The van der Waals surface area contributed by atoms with Gasteiger partial charge in [-0.15, -0.1) is 0 Å². The van der Waals surface area contributed by atoms with Crippen molar-refractivity contribution in [1.82, 2.24) is 16.1 Å². The lowest BCUT2D eigenvalue weighted by molar-refractivity contribution is -0.0234. The number of nitrogens with two attached hydrogens (primary N) is 1. The molecule has 1 unspecified atom stereocenters. The van der Waals surface area contributed by atoms with Gasteiger partial charge in [0.05, 0.1) is 6.04 Å². The predicted octanol–water partition coefficient (Wildman–Crippen LogP) is -0.996. The minimum atomic E-state index is -1.36. The summed E-state index contributed by atoms with van der Waals surface area (Å²) in [6.45, 7) is 3.45. The Morgan fingerprint density at radius 1 is 1.32 bits per heavy atom. The maximum absolute atomic E-state index is 12.2. The van der Waals surface area contributed by atoms with Crippen LogP contribution in [-0.4, -0.2) is 47.6 Å². The molecule has 0 radical (unpaired) electrons. The van der Waals surface area contributed by atoms with Gasteiger partial charge in [0.2, 0.25) is 0 Å². The minimum absolute atomic E-state index is 0.391. The molecule has 1 heterocycles. The number of amides is 1. The van der Waals surface area contributed by atoms with Gasteiger partial charge in [-0.05, 0) is 43.0 Å². The zero-order valence-corrected chi connectivity index (χ0v) is 13.9. The lowest BCUT2D eigenvalue weighted by Crippen LogP contribution is -2.57. The maximum atomic E-state index is 12.2. The van der Waals surface area contributed by atoms with E-state index in [1.165, 1.54) is 0 Å². The van der Waals surface area contributed by atoms with E-state index < -0.39 is 24.2 Å². The van der Waals surface area contributed by atoms with Gasteiger partial charge >= 0.3 is 0 Å². The Morgan fingerprint density at radius 2 is 2.00 bits per heavy atom. The van der Waals surface area contributed by atoms with Crippen LogP contribution in [0.2, 0.25) is 0 Å². The summed E-state index contributed by atoms with van der Waals surface area (Å²) in [5.74, 6) is 11.6. The van der Waals surface area contributed by atoms with Gasteiger partial charge in [-0.25, -0.2) is 0 Å². The molecule has 1 aromatic rings. The standard InChI is InChI=1S/C18H22N4O3/c1-12(19)16(18(24)22-25)21-17(23)15-8-6-13(7-9-15)4-2-3-5-14-10-20-11-14/h6-9,12,14,16,18,20,22,24-25H,10-11,19H2,1H3,(H,21,23)/t12-,16+,18?/m1/s1. The first-order chi connectivity index (χ1) is 12.0. The molecule has 0 saturated carbocycles. The Kier molecular flexibility index (Phi) is 6.96. The van der Waals surface area contributed by atoms with Crippen molar-refractivity contribution in [2.75, 3.05) is 13.1 Å². The number of benzene rings is 1. The second kappa shape index (κ2) is 9.19. The fraction of sp³-hybridized carbons (Fsp3) is 0.389. The molecule has 1 saturated heterocycles. The summed E-state index contributed by atoms with van der Waals surface area (Å²) in [7, 11) is 0. The van der Waals surface area contributed by atoms with Crippen LogP contribution in [-0.2, 0) is 0 Å². The van der Waals surface area contributed by atoms with Crippen molar-refractivity contribution in [2.24, 2.45) is 11.7 Å². The van der Waals surface area contributed by atoms with Gasteiger partial charge in [-0.2, -0.15) is 5.48 Å². The fourth-order valence-corrected chi connectivity index (χ4v) is 2.15. The molecule has 1 fully saturated rings. The maximum Gasteiger partial charge on any atom is 0.251 e. The number of nitrogens with one attached hydrogen (secondary N) is 3. The molecule has 132 valence electrons. The van der Waals surface area contributed by atoms with Gasteiger partial charge in [0.25, 0.3) is 5.91 Å². The number of hydrogen-bond acceptors (Lipinski definition) is 6. The molecule has 2 rings (SSSR count). The summed E-state index contributed by atoms with van der Waals surface area (Å²) in [5.41, 5.74) is 8.53. The predicted molar refractivity (Wildman–Crippen MR) is 93.3 cm³/mol. The smallest absolute Gasteiger partial charge is 0.251 e. The zero-order valence-electron chi connectivity index (χ0n) is 13.9. The van der Waals surface area contributed by atoms with Crippen LogP contribution >= 0.6 is 0 Å². The first-order valence-electron chi connectivity index (χ1n) is 7.97. The van der Waals surface area contributed by atoms with Gasteiger partial charge in [-0.1, -0.05) is 11.8 Å². The van der Waals surface area contributed by atoms with Crippen LogP contribution < -0.4 is 21.8 Å². The van der Waals surface area contributed by atoms with Crippen molar-refractivity contribution in [1.29, 1.82) is 0 Å². The molecular weight excluding hydrogens is 320 g/mol. The summed E-state index contributed by atoms with van der Waals surface area (Å²) in [6.07, 6.45) is -1.36. The van der Waals surface area contributed by atoms with Crippen LogP contribution in [0.25, 0.3) is 0 Å². The van der Waals surface area contributed by atoms with Gasteiger partial charge < -0.3 is 26.7 Å². The van der Waals surface area contributed by atoms with Crippen LogP contribution in [0.1, 0.15) is 22.8 Å². The first-order valence-corrected chi connectivity index (χ1v) is 7.97. The fourth-order valence-electron chi connectivity index (χ4n) is 2.15. The first kappa shape index (κ1) is 18.9. The average Bonchev–Trinajstić information content (AvgIpc) is 2.57. The molecule has 7 heteroatoms. The van der Waals surface area contributed by atoms with Gasteiger partial charge in [0.1, 0.15) is 6.23 Å². The molecule has 7 nitrogen and oxygen atoms in total. The second-order valence-electron chi connectivity index (χ2n) is 5.88. The van der Waals surface area contributed by atoms with Crippen LogP contribution in [0.15, 0.2) is 24.3 Å². The van der Waals surface area contributed by atoms with Crippen LogP contribution in [0.3, 0.4) is 0 Å². The molecule has 1 aliphatic heterocycles. The largest absolute Gasteiger partial charge is 0.374 e. The highest BCUT2D eigenvalue weighted by Crippen LogP contribution is 2.05. The van der Waals surface area contributed by atoms with E-state index >= 15 is 0 Å². The Morgan fingerprint density at radius 3 is 2.52 bits per heavy atom. The highest BCUT2D eigenvalue weighted by Gasteiger charge is 2.24. The molecule has 0 aromatic heterocycles. The molecule has 1 aromatic carbocycles. The van der Waals surface area contributed by atoms with Crippen molar-refractivity contribution in [3.63, 3.8) is 0 Å². The molecule has 3 atom stereocenters. The van der Waals surface area contributed by atoms with E-state index in [2.05, 4.69) is 34.3 Å². The van der Waals surface area contributed by atoms with E-state index in [0.29, 0.717) is 11.5 Å². The van der Waals surface area contributed by atoms with E-state index in [1.807, 2.05) is 0 Å². The van der Waals surface area contributed by atoms with E-state index in [1.54, 1.807) is 36.7 Å². The van der Waals surface area contributed by atoms with Gasteiger partial charge in [-0.3, -0.25) is 4.79 Å². The number of rotatable bonds is 5. The van der Waals surface area contributed by atoms with E-state index in [4.69, 9.17) is 10.9 Å². The third kappa shape index (κ3) is 5.57. The summed E-state index contributed by atoms with van der Waals surface area (Å²) in [4.78, 5) is 12.2. The zero-order chi connectivity index (χ0) is 18.2. The summed E-state index contributed by atoms with van der Waals surface area (Å²) in [5, 5.41) is 24.1. The van der Waals surface area contributed by atoms with Crippen molar-refractivity contribution in [2.45, 2.75) is 25.2 Å². The Labute approximate surface area is 146 Å².